The van der Waals surface area contributed by atoms with Crippen molar-refractivity contribution in [3.63, 3.8) is 0 Å². The van der Waals surface area contributed by atoms with Crippen molar-refractivity contribution < 1.29 is 27.8 Å². The summed E-state index contributed by atoms with van der Waals surface area (Å²) in [6.45, 7) is -0.0580. The third-order valence-corrected chi connectivity index (χ3v) is 5.31. The van der Waals surface area contributed by atoms with Crippen LogP contribution >= 0.6 is 0 Å². The zero-order chi connectivity index (χ0) is 19.9. The Kier molecular flexibility index (Phi) is 4.78. The van der Waals surface area contributed by atoms with Gasteiger partial charge in [-0.05, 0) is 24.5 Å². The number of aliphatic hydroxyl groups excluding tert-OH is 1. The molecule has 2 aromatic rings. The highest BCUT2D eigenvalue weighted by molar-refractivity contribution is 5.92. The van der Waals surface area contributed by atoms with Crippen LogP contribution in [0.25, 0.3) is 0 Å². The first-order chi connectivity index (χ1) is 13.3. The number of nitrogens with zero attached hydrogens (tertiary/aromatic N) is 2. The molecule has 150 valence electrons. The maximum absolute atomic E-state index is 12.9. The van der Waals surface area contributed by atoms with Gasteiger partial charge < -0.3 is 19.7 Å². The second kappa shape index (κ2) is 7.12. The van der Waals surface area contributed by atoms with Crippen LogP contribution in [-0.2, 0) is 26.0 Å². The Balaban J connectivity index is 1.45. The lowest BCUT2D eigenvalue weighted by atomic mass is 9.97. The first kappa shape index (κ1) is 18.8. The van der Waals surface area contributed by atoms with Crippen molar-refractivity contribution in [2.24, 2.45) is 5.92 Å². The van der Waals surface area contributed by atoms with Crippen LogP contribution < -0.4 is 10.1 Å². The molecule has 2 aliphatic rings. The van der Waals surface area contributed by atoms with E-state index in [1.54, 1.807) is 12.1 Å². The predicted molar refractivity (Wildman–Crippen MR) is 92.9 cm³/mol. The van der Waals surface area contributed by atoms with Gasteiger partial charge in [-0.1, -0.05) is 12.1 Å². The Morgan fingerprint density at radius 1 is 1.39 bits per heavy atom. The lowest BCUT2D eigenvalue weighted by Gasteiger charge is -2.27. The molecule has 2 atom stereocenters. The largest absolute Gasteiger partial charge is 0.491 e. The summed E-state index contributed by atoms with van der Waals surface area (Å²) in [4.78, 5) is 16.8. The van der Waals surface area contributed by atoms with Gasteiger partial charge in [-0.2, -0.15) is 13.2 Å². The highest BCUT2D eigenvalue weighted by Gasteiger charge is 2.41. The summed E-state index contributed by atoms with van der Waals surface area (Å²) in [5.74, 6) is -0.666. The number of carbonyl (C=O) groups excluding carboxylic acids is 1. The SMILES string of the molecule is O=C(NC1COc2cccc(CO)c2C1)c1cn2c(n1)CCC(C(F)(F)F)C2. The van der Waals surface area contributed by atoms with Gasteiger partial charge in [0.25, 0.3) is 5.91 Å². The van der Waals surface area contributed by atoms with E-state index in [1.165, 1.54) is 10.8 Å². The number of nitrogens with one attached hydrogen (secondary N) is 1. The van der Waals surface area contributed by atoms with Crippen molar-refractivity contribution in [1.29, 1.82) is 0 Å². The van der Waals surface area contributed by atoms with E-state index in [4.69, 9.17) is 4.74 Å². The highest BCUT2D eigenvalue weighted by Crippen LogP contribution is 2.34. The zero-order valence-corrected chi connectivity index (χ0v) is 15.0. The summed E-state index contributed by atoms with van der Waals surface area (Å²) in [7, 11) is 0. The standard InChI is InChI=1S/C19H20F3N3O3/c20-19(21,22)12-4-5-17-24-15(8-25(17)7-12)18(27)23-13-6-14-11(9-26)2-1-3-16(14)28-10-13/h1-3,8,12-13,26H,4-7,9-10H2,(H,23,27). The molecule has 0 fully saturated rings. The Morgan fingerprint density at radius 3 is 2.96 bits per heavy atom. The summed E-state index contributed by atoms with van der Waals surface area (Å²) in [5.41, 5.74) is 1.70. The Bertz CT molecular complexity index is 880. The molecule has 2 N–H and O–H groups in total. The predicted octanol–water partition coefficient (Wildman–Crippen LogP) is 2.23. The smallest absolute Gasteiger partial charge is 0.393 e. The van der Waals surface area contributed by atoms with Crippen molar-refractivity contribution in [2.75, 3.05) is 6.61 Å². The minimum atomic E-state index is -4.25. The number of carbonyl (C=O) groups is 1. The van der Waals surface area contributed by atoms with Gasteiger partial charge in [0.1, 0.15) is 23.9 Å². The number of aliphatic hydroxyl groups is 1. The van der Waals surface area contributed by atoms with Crippen LogP contribution in [0.4, 0.5) is 13.2 Å². The molecule has 2 unspecified atom stereocenters. The molecule has 28 heavy (non-hydrogen) atoms. The number of aromatic nitrogens is 2. The van der Waals surface area contributed by atoms with Gasteiger partial charge in [-0.3, -0.25) is 4.79 Å². The third kappa shape index (κ3) is 3.58. The van der Waals surface area contributed by atoms with E-state index in [2.05, 4.69) is 10.3 Å². The van der Waals surface area contributed by atoms with Crippen LogP contribution in [0.15, 0.2) is 24.4 Å². The number of amides is 1. The Hall–Kier alpha value is -2.55. The second-order valence-electron chi connectivity index (χ2n) is 7.21. The van der Waals surface area contributed by atoms with Crippen LogP contribution in [0.2, 0.25) is 0 Å². The van der Waals surface area contributed by atoms with Crippen LogP contribution in [0, 0.1) is 5.92 Å². The number of hydrogen-bond donors (Lipinski definition) is 2. The number of imidazole rings is 1. The lowest BCUT2D eigenvalue weighted by molar-refractivity contribution is -0.182. The minimum Gasteiger partial charge on any atom is -0.491 e. The van der Waals surface area contributed by atoms with E-state index >= 15 is 0 Å². The summed E-state index contributed by atoms with van der Waals surface area (Å²) in [6.07, 6.45) is -2.18. The number of aryl methyl sites for hydroxylation is 1. The van der Waals surface area contributed by atoms with Crippen molar-refractivity contribution in [1.82, 2.24) is 14.9 Å². The van der Waals surface area contributed by atoms with E-state index in [9.17, 15) is 23.1 Å². The molecular formula is C19H20F3N3O3. The van der Waals surface area contributed by atoms with Gasteiger partial charge in [0.15, 0.2) is 0 Å². The molecular weight excluding hydrogens is 375 g/mol. The monoisotopic (exact) mass is 395 g/mol. The molecule has 2 aliphatic heterocycles. The van der Waals surface area contributed by atoms with Crippen LogP contribution in [-0.4, -0.2) is 39.4 Å². The molecule has 6 nitrogen and oxygen atoms in total. The second-order valence-corrected chi connectivity index (χ2v) is 7.21. The summed E-state index contributed by atoms with van der Waals surface area (Å²) >= 11 is 0. The molecule has 0 spiro atoms. The Morgan fingerprint density at radius 2 is 2.21 bits per heavy atom. The molecule has 0 radical (unpaired) electrons. The number of fused-ring (bicyclic) bond motifs is 2. The van der Waals surface area contributed by atoms with Crippen molar-refractivity contribution in [2.45, 2.75) is 44.6 Å². The van der Waals surface area contributed by atoms with Crippen molar-refractivity contribution in [3.8, 4) is 5.75 Å². The molecule has 9 heteroatoms. The average Bonchev–Trinajstić information content (AvgIpc) is 3.10. The topological polar surface area (TPSA) is 76.4 Å². The van der Waals surface area contributed by atoms with E-state index in [-0.39, 0.29) is 44.3 Å². The number of alkyl halides is 3. The molecule has 0 saturated heterocycles. The Labute approximate surface area is 159 Å². The summed E-state index contributed by atoms with van der Waals surface area (Å²) in [5, 5.41) is 12.3. The van der Waals surface area contributed by atoms with Crippen molar-refractivity contribution in [3.05, 3.63) is 47.0 Å². The number of ether oxygens (including phenoxy) is 1. The quantitative estimate of drug-likeness (QED) is 0.836. The van der Waals surface area contributed by atoms with Gasteiger partial charge >= 0.3 is 6.18 Å². The zero-order valence-electron chi connectivity index (χ0n) is 15.0. The molecule has 1 amide bonds. The van der Waals surface area contributed by atoms with E-state index in [0.717, 1.165) is 11.1 Å². The third-order valence-electron chi connectivity index (χ3n) is 5.31. The molecule has 4 rings (SSSR count). The first-order valence-corrected chi connectivity index (χ1v) is 9.13. The van der Waals surface area contributed by atoms with E-state index < -0.39 is 18.0 Å². The van der Waals surface area contributed by atoms with Gasteiger partial charge in [-0.15, -0.1) is 0 Å². The minimum absolute atomic E-state index is 0.0151. The first-order valence-electron chi connectivity index (χ1n) is 9.13. The number of hydrogen-bond acceptors (Lipinski definition) is 4. The van der Waals surface area contributed by atoms with Crippen LogP contribution in [0.1, 0.15) is 33.9 Å². The molecule has 0 bridgehead atoms. The molecule has 1 aromatic heterocycles. The fourth-order valence-electron chi connectivity index (χ4n) is 3.79. The summed E-state index contributed by atoms with van der Waals surface area (Å²) < 4.78 is 45.9. The number of halogens is 3. The molecule has 3 heterocycles. The molecule has 0 saturated carbocycles. The van der Waals surface area contributed by atoms with Gasteiger partial charge in [0.2, 0.25) is 0 Å². The maximum atomic E-state index is 12.9. The summed E-state index contributed by atoms with van der Waals surface area (Å²) in [6, 6.07) is 5.10. The fourth-order valence-corrected chi connectivity index (χ4v) is 3.79. The number of benzene rings is 1. The molecule has 1 aromatic carbocycles. The van der Waals surface area contributed by atoms with Crippen LogP contribution in [0.3, 0.4) is 0 Å². The lowest BCUT2D eigenvalue weighted by Crippen LogP contribution is -2.43. The normalized spacial score (nSPS) is 21.4. The fraction of sp³-hybridized carbons (Fsp3) is 0.474. The van der Waals surface area contributed by atoms with Crippen LogP contribution in [0.5, 0.6) is 5.75 Å². The van der Waals surface area contributed by atoms with Gasteiger partial charge in [0, 0.05) is 24.7 Å². The van der Waals surface area contributed by atoms with Gasteiger partial charge in [-0.25, -0.2) is 4.98 Å². The average molecular weight is 395 g/mol. The van der Waals surface area contributed by atoms with Crippen molar-refractivity contribution >= 4 is 5.91 Å². The van der Waals surface area contributed by atoms with Gasteiger partial charge in [0.05, 0.1) is 18.6 Å². The maximum Gasteiger partial charge on any atom is 0.393 e. The van der Waals surface area contributed by atoms with E-state index in [0.29, 0.717) is 18.0 Å². The number of rotatable bonds is 3. The highest BCUT2D eigenvalue weighted by atomic mass is 19.4. The van der Waals surface area contributed by atoms with E-state index in [1.807, 2.05) is 6.07 Å². The molecule has 0 aliphatic carbocycles.